The molecule has 2 amide bonds. The normalized spacial score (nSPS) is 13.6. The van der Waals surface area contributed by atoms with Gasteiger partial charge < -0.3 is 30.3 Å². The summed E-state index contributed by atoms with van der Waals surface area (Å²) >= 11 is 0. The lowest BCUT2D eigenvalue weighted by Gasteiger charge is -2.14. The third-order valence-electron chi connectivity index (χ3n) is 2.91. The third-order valence-corrected chi connectivity index (χ3v) is 2.91. The van der Waals surface area contributed by atoms with Gasteiger partial charge in [-0.25, -0.2) is 9.59 Å². The number of aliphatic hydroxyl groups is 1. The van der Waals surface area contributed by atoms with Crippen LogP contribution in [0.15, 0.2) is 18.2 Å². The fourth-order valence-corrected chi connectivity index (χ4v) is 1.83. The van der Waals surface area contributed by atoms with Gasteiger partial charge in [-0.2, -0.15) is 0 Å². The molecule has 0 aromatic heterocycles. The van der Waals surface area contributed by atoms with E-state index in [4.69, 9.17) is 19.7 Å². The first-order chi connectivity index (χ1) is 10.1. The highest BCUT2D eigenvalue weighted by atomic mass is 16.7. The Labute approximate surface area is 120 Å². The number of aliphatic hydroxyl groups excluding tert-OH is 1. The maximum atomic E-state index is 11.6. The van der Waals surface area contributed by atoms with E-state index in [1.165, 1.54) is 0 Å². The molecule has 0 fully saturated rings. The maximum Gasteiger partial charge on any atom is 0.326 e. The second-order valence-corrected chi connectivity index (χ2v) is 4.42. The number of rotatable bonds is 6. The van der Waals surface area contributed by atoms with Crippen LogP contribution in [0.1, 0.15) is 12.0 Å². The first-order valence-corrected chi connectivity index (χ1v) is 6.36. The zero-order chi connectivity index (χ0) is 15.2. The summed E-state index contributed by atoms with van der Waals surface area (Å²) in [5.41, 5.74) is 0.795. The van der Waals surface area contributed by atoms with E-state index >= 15 is 0 Å². The highest BCUT2D eigenvalue weighted by Crippen LogP contribution is 2.32. The number of carbonyl (C=O) groups is 2. The predicted octanol–water partition coefficient (Wildman–Crippen LogP) is 0.0501. The molecule has 114 valence electrons. The first-order valence-electron chi connectivity index (χ1n) is 6.36. The number of fused-ring (bicyclic) bond motifs is 1. The van der Waals surface area contributed by atoms with Crippen molar-refractivity contribution in [2.75, 3.05) is 13.4 Å². The molecule has 1 atom stereocenters. The number of aliphatic carboxylic acids is 1. The Morgan fingerprint density at radius 3 is 2.76 bits per heavy atom. The van der Waals surface area contributed by atoms with Crippen LogP contribution in [0.5, 0.6) is 11.5 Å². The Balaban J connectivity index is 1.84. The highest BCUT2D eigenvalue weighted by Gasteiger charge is 2.19. The average molecular weight is 296 g/mol. The van der Waals surface area contributed by atoms with Gasteiger partial charge in [0, 0.05) is 19.6 Å². The Bertz CT molecular complexity index is 533. The summed E-state index contributed by atoms with van der Waals surface area (Å²) in [4.78, 5) is 22.5. The number of carboxylic acids is 1. The zero-order valence-corrected chi connectivity index (χ0v) is 11.2. The van der Waals surface area contributed by atoms with Gasteiger partial charge in [-0.3, -0.25) is 0 Å². The van der Waals surface area contributed by atoms with Gasteiger partial charge in [0.15, 0.2) is 11.5 Å². The number of hydrogen-bond donors (Lipinski definition) is 4. The highest BCUT2D eigenvalue weighted by molar-refractivity contribution is 5.82. The smallest absolute Gasteiger partial charge is 0.326 e. The SMILES string of the molecule is O=C(NCc1ccc2c(c1)OCO2)N[C@@H](CCO)C(=O)O. The molecule has 0 saturated carbocycles. The van der Waals surface area contributed by atoms with E-state index < -0.39 is 18.0 Å². The van der Waals surface area contributed by atoms with Crippen molar-refractivity contribution < 1.29 is 29.3 Å². The quantitative estimate of drug-likeness (QED) is 0.589. The van der Waals surface area contributed by atoms with Crippen LogP contribution >= 0.6 is 0 Å². The van der Waals surface area contributed by atoms with Crippen LogP contribution in [0.4, 0.5) is 4.79 Å². The molecule has 0 unspecified atom stereocenters. The van der Waals surface area contributed by atoms with Gasteiger partial charge in [-0.15, -0.1) is 0 Å². The summed E-state index contributed by atoms with van der Waals surface area (Å²) in [5.74, 6) is 0.0674. The summed E-state index contributed by atoms with van der Waals surface area (Å²) in [7, 11) is 0. The number of urea groups is 1. The molecule has 0 radical (unpaired) electrons. The van der Waals surface area contributed by atoms with Crippen LogP contribution in [0.3, 0.4) is 0 Å². The fourth-order valence-electron chi connectivity index (χ4n) is 1.83. The Kier molecular flexibility index (Phi) is 4.83. The fraction of sp³-hybridized carbons (Fsp3) is 0.385. The van der Waals surface area contributed by atoms with E-state index in [0.29, 0.717) is 11.5 Å². The number of carbonyl (C=O) groups excluding carboxylic acids is 1. The number of ether oxygens (including phenoxy) is 2. The van der Waals surface area contributed by atoms with Crippen LogP contribution < -0.4 is 20.1 Å². The Morgan fingerprint density at radius 2 is 2.05 bits per heavy atom. The molecule has 1 aliphatic heterocycles. The second kappa shape index (κ2) is 6.80. The van der Waals surface area contributed by atoms with Crippen LogP contribution in [0, 0.1) is 0 Å². The minimum Gasteiger partial charge on any atom is -0.480 e. The van der Waals surface area contributed by atoms with Crippen molar-refractivity contribution in [2.45, 2.75) is 19.0 Å². The van der Waals surface area contributed by atoms with Crippen LogP contribution in [-0.2, 0) is 11.3 Å². The monoisotopic (exact) mass is 296 g/mol. The number of nitrogens with one attached hydrogen (secondary N) is 2. The number of hydrogen-bond acceptors (Lipinski definition) is 5. The summed E-state index contributed by atoms with van der Waals surface area (Å²) in [6, 6.07) is 3.52. The summed E-state index contributed by atoms with van der Waals surface area (Å²) in [6.45, 7) is 0.0709. The van der Waals surface area contributed by atoms with E-state index in [0.717, 1.165) is 5.56 Å². The molecule has 1 aliphatic rings. The Morgan fingerprint density at radius 1 is 1.29 bits per heavy atom. The van der Waals surface area contributed by atoms with Crippen LogP contribution in [-0.4, -0.2) is 41.7 Å². The van der Waals surface area contributed by atoms with E-state index in [-0.39, 0.29) is 26.4 Å². The largest absolute Gasteiger partial charge is 0.480 e. The van der Waals surface area contributed by atoms with Crippen molar-refractivity contribution >= 4 is 12.0 Å². The summed E-state index contributed by atoms with van der Waals surface area (Å²) < 4.78 is 10.4. The van der Waals surface area contributed by atoms with Crippen molar-refractivity contribution in [2.24, 2.45) is 0 Å². The van der Waals surface area contributed by atoms with E-state index in [2.05, 4.69) is 10.6 Å². The zero-order valence-electron chi connectivity index (χ0n) is 11.2. The summed E-state index contributed by atoms with van der Waals surface area (Å²) in [5, 5.41) is 22.4. The van der Waals surface area contributed by atoms with Gasteiger partial charge in [-0.05, 0) is 17.7 Å². The molecule has 1 aromatic rings. The molecule has 0 spiro atoms. The maximum absolute atomic E-state index is 11.6. The van der Waals surface area contributed by atoms with Gasteiger partial charge in [0.25, 0.3) is 0 Å². The van der Waals surface area contributed by atoms with Crippen molar-refractivity contribution in [1.82, 2.24) is 10.6 Å². The molecule has 21 heavy (non-hydrogen) atoms. The molecule has 8 heteroatoms. The Hall–Kier alpha value is -2.48. The molecule has 1 aromatic carbocycles. The van der Waals surface area contributed by atoms with Gasteiger partial charge in [0.1, 0.15) is 6.04 Å². The molecule has 8 nitrogen and oxygen atoms in total. The second-order valence-electron chi connectivity index (χ2n) is 4.42. The lowest BCUT2D eigenvalue weighted by atomic mass is 10.2. The molecule has 0 saturated heterocycles. The topological polar surface area (TPSA) is 117 Å². The number of carboxylic acid groups (broad SMARTS) is 1. The molecule has 1 heterocycles. The molecular weight excluding hydrogens is 280 g/mol. The minimum absolute atomic E-state index is 0.0488. The molecular formula is C13H16N2O6. The molecule has 2 rings (SSSR count). The van der Waals surface area contributed by atoms with Gasteiger partial charge >= 0.3 is 12.0 Å². The molecule has 0 aliphatic carbocycles. The lowest BCUT2D eigenvalue weighted by molar-refractivity contribution is -0.139. The van der Waals surface area contributed by atoms with Crippen LogP contribution in [0.2, 0.25) is 0 Å². The first kappa shape index (κ1) is 14.9. The van der Waals surface area contributed by atoms with Crippen molar-refractivity contribution in [3.63, 3.8) is 0 Å². The van der Waals surface area contributed by atoms with Gasteiger partial charge in [0.05, 0.1) is 0 Å². The number of amides is 2. The van der Waals surface area contributed by atoms with Gasteiger partial charge in [-0.1, -0.05) is 6.07 Å². The molecule has 0 bridgehead atoms. The van der Waals surface area contributed by atoms with E-state index in [1.807, 2.05) is 0 Å². The number of benzene rings is 1. The average Bonchev–Trinajstić information content (AvgIpc) is 2.92. The van der Waals surface area contributed by atoms with Gasteiger partial charge in [0.2, 0.25) is 6.79 Å². The minimum atomic E-state index is -1.19. The van der Waals surface area contributed by atoms with Crippen LogP contribution in [0.25, 0.3) is 0 Å². The van der Waals surface area contributed by atoms with Crippen molar-refractivity contribution in [1.29, 1.82) is 0 Å². The lowest BCUT2D eigenvalue weighted by Crippen LogP contribution is -2.46. The molecule has 4 N–H and O–H groups in total. The van der Waals surface area contributed by atoms with Crippen molar-refractivity contribution in [3.05, 3.63) is 23.8 Å². The predicted molar refractivity (Wildman–Crippen MR) is 71.1 cm³/mol. The van der Waals surface area contributed by atoms with E-state index in [9.17, 15) is 9.59 Å². The standard InChI is InChI=1S/C13H16N2O6/c16-4-3-9(12(17)18)15-13(19)14-6-8-1-2-10-11(5-8)21-7-20-10/h1-2,5,9,16H,3-4,6-7H2,(H,17,18)(H2,14,15,19)/t9-/m0/s1. The summed E-state index contributed by atoms with van der Waals surface area (Å²) in [6.07, 6.45) is -0.0488. The van der Waals surface area contributed by atoms with Crippen molar-refractivity contribution in [3.8, 4) is 11.5 Å². The third kappa shape index (κ3) is 3.99. The van der Waals surface area contributed by atoms with E-state index in [1.54, 1.807) is 18.2 Å².